The molecule has 0 bridgehead atoms. The summed E-state index contributed by atoms with van der Waals surface area (Å²) in [5, 5.41) is 12.1. The number of carbonyl (C=O) groups is 2. The van der Waals surface area contributed by atoms with Crippen molar-refractivity contribution < 1.29 is 24.2 Å². The average molecular weight is 510 g/mol. The normalized spacial score (nSPS) is 11.1. The van der Waals surface area contributed by atoms with Gasteiger partial charge in [0.05, 0.1) is 11.1 Å². The maximum Gasteiger partial charge on any atom is 0.352 e. The van der Waals surface area contributed by atoms with Gasteiger partial charge in [-0.25, -0.2) is 4.79 Å². The van der Waals surface area contributed by atoms with E-state index in [0.29, 0.717) is 40.3 Å². The molecule has 0 spiro atoms. The summed E-state index contributed by atoms with van der Waals surface area (Å²) in [6, 6.07) is 19.7. The second-order valence-corrected chi connectivity index (χ2v) is 8.02. The van der Waals surface area contributed by atoms with E-state index in [9.17, 15) is 14.7 Å². The van der Waals surface area contributed by atoms with Gasteiger partial charge in [0.25, 0.3) is 5.91 Å². The standard InChI is InChI=1S/C26H24BrNO5/c1-3-32-23-15-18(13-21(27)24(23)33-16-20-12-8-7-9-17(20)2)14-22(26(30)31)28-25(29)19-10-5-4-6-11-19/h4-15H,3,16H2,1-2H3,(H,28,29)(H,30,31)/b22-14+. The van der Waals surface area contributed by atoms with Crippen molar-refractivity contribution in [3.63, 3.8) is 0 Å². The van der Waals surface area contributed by atoms with Crippen LogP contribution in [0.2, 0.25) is 0 Å². The summed E-state index contributed by atoms with van der Waals surface area (Å²) in [6.45, 7) is 4.62. The Labute approximate surface area is 201 Å². The molecule has 2 N–H and O–H groups in total. The number of rotatable bonds is 9. The zero-order valence-electron chi connectivity index (χ0n) is 18.3. The summed E-state index contributed by atoms with van der Waals surface area (Å²) in [7, 11) is 0. The van der Waals surface area contributed by atoms with Crippen LogP contribution in [0.3, 0.4) is 0 Å². The van der Waals surface area contributed by atoms with E-state index >= 15 is 0 Å². The van der Waals surface area contributed by atoms with Crippen LogP contribution in [0.4, 0.5) is 0 Å². The Morgan fingerprint density at radius 3 is 2.39 bits per heavy atom. The first-order valence-electron chi connectivity index (χ1n) is 10.3. The monoisotopic (exact) mass is 509 g/mol. The fourth-order valence-corrected chi connectivity index (χ4v) is 3.67. The van der Waals surface area contributed by atoms with Gasteiger partial charge in [-0.15, -0.1) is 0 Å². The van der Waals surface area contributed by atoms with Gasteiger partial charge < -0.3 is 19.9 Å². The average Bonchev–Trinajstić information content (AvgIpc) is 2.80. The predicted molar refractivity (Wildman–Crippen MR) is 130 cm³/mol. The number of halogens is 1. The Kier molecular flexibility index (Phi) is 8.27. The quantitative estimate of drug-likeness (QED) is 0.367. The number of aliphatic carboxylic acids is 1. The van der Waals surface area contributed by atoms with Gasteiger partial charge in [0, 0.05) is 5.56 Å². The van der Waals surface area contributed by atoms with Crippen LogP contribution < -0.4 is 14.8 Å². The minimum absolute atomic E-state index is 0.258. The van der Waals surface area contributed by atoms with Gasteiger partial charge in [0.2, 0.25) is 0 Å². The number of aryl methyl sites for hydroxylation is 1. The van der Waals surface area contributed by atoms with E-state index in [4.69, 9.17) is 9.47 Å². The smallest absolute Gasteiger partial charge is 0.352 e. The lowest BCUT2D eigenvalue weighted by molar-refractivity contribution is -0.132. The maximum absolute atomic E-state index is 12.4. The van der Waals surface area contributed by atoms with Gasteiger partial charge in [-0.2, -0.15) is 0 Å². The molecule has 0 atom stereocenters. The summed E-state index contributed by atoms with van der Waals surface area (Å²) < 4.78 is 12.4. The van der Waals surface area contributed by atoms with Crippen LogP contribution in [0.15, 0.2) is 76.9 Å². The second-order valence-electron chi connectivity index (χ2n) is 7.16. The molecule has 0 aliphatic heterocycles. The number of carboxylic acid groups (broad SMARTS) is 1. The van der Waals surface area contributed by atoms with Gasteiger partial charge in [0.1, 0.15) is 12.3 Å². The molecular formula is C26H24BrNO5. The van der Waals surface area contributed by atoms with E-state index in [2.05, 4.69) is 21.2 Å². The molecule has 0 aliphatic carbocycles. The summed E-state index contributed by atoms with van der Waals surface area (Å²) >= 11 is 3.51. The third kappa shape index (κ3) is 6.46. The molecule has 0 radical (unpaired) electrons. The van der Waals surface area contributed by atoms with Crippen LogP contribution in [0.5, 0.6) is 11.5 Å². The van der Waals surface area contributed by atoms with Gasteiger partial charge in [-0.05, 0) is 76.8 Å². The van der Waals surface area contributed by atoms with E-state index in [-0.39, 0.29) is 5.70 Å². The lowest BCUT2D eigenvalue weighted by Crippen LogP contribution is -2.27. The zero-order valence-corrected chi connectivity index (χ0v) is 19.9. The topological polar surface area (TPSA) is 84.9 Å². The SMILES string of the molecule is CCOc1cc(/C=C(/NC(=O)c2ccccc2)C(=O)O)cc(Br)c1OCc1ccccc1C. The van der Waals surface area contributed by atoms with Crippen LogP contribution in [0.1, 0.15) is 34.0 Å². The van der Waals surface area contributed by atoms with Crippen molar-refractivity contribution in [1.82, 2.24) is 5.32 Å². The van der Waals surface area contributed by atoms with Crippen LogP contribution >= 0.6 is 15.9 Å². The highest BCUT2D eigenvalue weighted by atomic mass is 79.9. The van der Waals surface area contributed by atoms with Gasteiger partial charge >= 0.3 is 5.97 Å². The summed E-state index contributed by atoms with van der Waals surface area (Å²) in [5.41, 5.74) is 2.80. The minimum Gasteiger partial charge on any atom is -0.490 e. The molecule has 7 heteroatoms. The fourth-order valence-electron chi connectivity index (χ4n) is 3.10. The molecule has 170 valence electrons. The van der Waals surface area contributed by atoms with Crippen molar-refractivity contribution >= 4 is 33.9 Å². The van der Waals surface area contributed by atoms with E-state index in [1.165, 1.54) is 6.08 Å². The third-order valence-electron chi connectivity index (χ3n) is 4.79. The first kappa shape index (κ1) is 24.1. The van der Waals surface area contributed by atoms with Gasteiger partial charge in [-0.3, -0.25) is 4.79 Å². The van der Waals surface area contributed by atoms with Crippen molar-refractivity contribution in [2.45, 2.75) is 20.5 Å². The summed E-state index contributed by atoms with van der Waals surface area (Å²) in [5.74, 6) is -0.784. The Morgan fingerprint density at radius 1 is 1.03 bits per heavy atom. The summed E-state index contributed by atoms with van der Waals surface area (Å²) in [4.78, 5) is 24.2. The molecule has 3 aromatic rings. The molecular weight excluding hydrogens is 486 g/mol. The number of carboxylic acids is 1. The molecule has 0 unspecified atom stereocenters. The molecule has 33 heavy (non-hydrogen) atoms. The van der Waals surface area contributed by atoms with E-state index in [0.717, 1.165) is 11.1 Å². The van der Waals surface area contributed by atoms with E-state index in [1.807, 2.05) is 38.1 Å². The van der Waals surface area contributed by atoms with E-state index < -0.39 is 11.9 Å². The predicted octanol–water partition coefficient (Wildman–Crippen LogP) is 5.59. The molecule has 3 aromatic carbocycles. The Morgan fingerprint density at radius 2 is 1.73 bits per heavy atom. The molecule has 6 nitrogen and oxygen atoms in total. The molecule has 0 fully saturated rings. The highest BCUT2D eigenvalue weighted by molar-refractivity contribution is 9.10. The molecule has 3 rings (SSSR count). The van der Waals surface area contributed by atoms with Crippen LogP contribution in [-0.2, 0) is 11.4 Å². The number of benzene rings is 3. The lowest BCUT2D eigenvalue weighted by atomic mass is 10.1. The molecule has 0 heterocycles. The van der Waals surface area contributed by atoms with Gasteiger partial charge in [-0.1, -0.05) is 42.5 Å². The Hall–Kier alpha value is -3.58. The third-order valence-corrected chi connectivity index (χ3v) is 5.38. The number of nitrogens with one attached hydrogen (secondary N) is 1. The van der Waals surface area contributed by atoms with Crippen molar-refractivity contribution in [1.29, 1.82) is 0 Å². The fraction of sp³-hybridized carbons (Fsp3) is 0.154. The number of hydrogen-bond acceptors (Lipinski definition) is 4. The van der Waals surface area contributed by atoms with Crippen molar-refractivity contribution in [3.8, 4) is 11.5 Å². The molecule has 0 aliphatic rings. The van der Waals surface area contributed by atoms with Crippen LogP contribution in [-0.4, -0.2) is 23.6 Å². The summed E-state index contributed by atoms with van der Waals surface area (Å²) in [6.07, 6.45) is 1.38. The highest BCUT2D eigenvalue weighted by Crippen LogP contribution is 2.38. The number of amides is 1. The van der Waals surface area contributed by atoms with E-state index in [1.54, 1.807) is 42.5 Å². The largest absolute Gasteiger partial charge is 0.490 e. The van der Waals surface area contributed by atoms with Crippen LogP contribution in [0, 0.1) is 6.92 Å². The Bertz CT molecular complexity index is 1170. The van der Waals surface area contributed by atoms with Crippen molar-refractivity contribution in [2.75, 3.05) is 6.61 Å². The first-order chi connectivity index (χ1) is 15.9. The van der Waals surface area contributed by atoms with Gasteiger partial charge in [0.15, 0.2) is 11.5 Å². The Balaban J connectivity index is 1.88. The van der Waals surface area contributed by atoms with Crippen LogP contribution in [0.25, 0.3) is 6.08 Å². The number of carbonyl (C=O) groups excluding carboxylic acids is 1. The zero-order chi connectivity index (χ0) is 23.8. The highest BCUT2D eigenvalue weighted by Gasteiger charge is 2.16. The number of hydrogen-bond donors (Lipinski definition) is 2. The maximum atomic E-state index is 12.4. The molecule has 0 saturated heterocycles. The lowest BCUT2D eigenvalue weighted by Gasteiger charge is -2.16. The van der Waals surface area contributed by atoms with Crippen molar-refractivity contribution in [3.05, 3.63) is 99.2 Å². The molecule has 1 amide bonds. The first-order valence-corrected chi connectivity index (χ1v) is 11.1. The van der Waals surface area contributed by atoms with Crippen molar-refractivity contribution in [2.24, 2.45) is 0 Å². The minimum atomic E-state index is -1.26. The number of ether oxygens (including phenoxy) is 2. The molecule has 0 saturated carbocycles. The second kappa shape index (κ2) is 11.3. The molecule has 0 aromatic heterocycles.